The molecule has 0 unspecified atom stereocenters. The zero-order valence-corrected chi connectivity index (χ0v) is 14.0. The van der Waals surface area contributed by atoms with Crippen molar-refractivity contribution >= 4 is 38.6 Å². The molecule has 0 atom stereocenters. The molecule has 4 rings (SSSR count). The van der Waals surface area contributed by atoms with Crippen molar-refractivity contribution in [3.63, 3.8) is 0 Å². The molecule has 6 heteroatoms. The number of morpholine rings is 1. The number of fused-ring (bicyclic) bond motifs is 1. The maximum Gasteiger partial charge on any atom is 0.204 e. The molecule has 2 aromatic carbocycles. The zero-order valence-electron chi connectivity index (χ0n) is 13.2. The number of benzene rings is 2. The molecule has 5 nitrogen and oxygen atoms in total. The summed E-state index contributed by atoms with van der Waals surface area (Å²) in [7, 11) is 0. The van der Waals surface area contributed by atoms with E-state index < -0.39 is 0 Å². The number of nitrogens with one attached hydrogen (secondary N) is 1. The lowest BCUT2D eigenvalue weighted by molar-refractivity contribution is 0.122. The fourth-order valence-corrected chi connectivity index (χ4v) is 3.49. The highest BCUT2D eigenvalue weighted by Crippen LogP contribution is 2.25. The normalized spacial score (nSPS) is 15.2. The molecule has 24 heavy (non-hydrogen) atoms. The standard InChI is InChI=1S/C18H18N4OS/c1-2-4-17-16(3-1)20-18(24-17)21-19-13-14-5-7-15(8-6-14)22-9-11-23-12-10-22/h1-8,13H,9-12H2,(H,20,21)/b19-13-. The van der Waals surface area contributed by atoms with E-state index in [9.17, 15) is 0 Å². The van der Waals surface area contributed by atoms with Gasteiger partial charge in [0.25, 0.3) is 0 Å². The summed E-state index contributed by atoms with van der Waals surface area (Å²) in [6.07, 6.45) is 1.81. The topological polar surface area (TPSA) is 49.8 Å². The fraction of sp³-hybridized carbons (Fsp3) is 0.222. The van der Waals surface area contributed by atoms with Gasteiger partial charge in [-0.15, -0.1) is 0 Å². The molecule has 122 valence electrons. The molecule has 1 N–H and O–H groups in total. The third-order valence-corrected chi connectivity index (χ3v) is 4.88. The number of rotatable bonds is 4. The molecule has 0 amide bonds. The Labute approximate surface area is 144 Å². The summed E-state index contributed by atoms with van der Waals surface area (Å²) in [5.41, 5.74) is 6.29. The number of aromatic nitrogens is 1. The maximum atomic E-state index is 5.39. The number of anilines is 2. The van der Waals surface area contributed by atoms with Gasteiger partial charge >= 0.3 is 0 Å². The highest BCUT2D eigenvalue weighted by molar-refractivity contribution is 7.22. The summed E-state index contributed by atoms with van der Waals surface area (Å²) in [6.45, 7) is 3.50. The van der Waals surface area contributed by atoms with Gasteiger partial charge in [-0.1, -0.05) is 35.6 Å². The Morgan fingerprint density at radius 2 is 1.88 bits per heavy atom. The number of hydrazone groups is 1. The van der Waals surface area contributed by atoms with Crippen molar-refractivity contribution in [3.05, 3.63) is 54.1 Å². The minimum absolute atomic E-state index is 0.801. The van der Waals surface area contributed by atoms with Crippen molar-refractivity contribution in [2.24, 2.45) is 5.10 Å². The van der Waals surface area contributed by atoms with E-state index in [1.807, 2.05) is 24.4 Å². The second-order valence-corrected chi connectivity index (χ2v) is 6.58. The first kappa shape index (κ1) is 15.1. The largest absolute Gasteiger partial charge is 0.378 e. The third-order valence-electron chi connectivity index (χ3n) is 3.94. The quantitative estimate of drug-likeness (QED) is 0.583. The van der Waals surface area contributed by atoms with Gasteiger partial charge in [0, 0.05) is 18.8 Å². The van der Waals surface area contributed by atoms with Gasteiger partial charge in [-0.05, 0) is 29.8 Å². The second kappa shape index (κ2) is 6.98. The van der Waals surface area contributed by atoms with Crippen LogP contribution in [0.4, 0.5) is 10.8 Å². The number of ether oxygens (including phenoxy) is 1. The second-order valence-electron chi connectivity index (χ2n) is 5.55. The van der Waals surface area contributed by atoms with E-state index in [1.165, 1.54) is 5.69 Å². The smallest absolute Gasteiger partial charge is 0.204 e. The zero-order chi connectivity index (χ0) is 16.2. The predicted molar refractivity (Wildman–Crippen MR) is 100 cm³/mol. The third kappa shape index (κ3) is 3.39. The average molecular weight is 338 g/mol. The number of para-hydroxylation sites is 1. The number of hydrogen-bond donors (Lipinski definition) is 1. The van der Waals surface area contributed by atoms with Gasteiger partial charge in [-0.2, -0.15) is 5.10 Å². The number of thiazole rings is 1. The van der Waals surface area contributed by atoms with E-state index in [0.717, 1.165) is 47.2 Å². The SMILES string of the molecule is C(=N/Nc1nc2ccccc2s1)/c1ccc(N2CCOCC2)cc1. The predicted octanol–water partition coefficient (Wildman–Crippen LogP) is 3.58. The van der Waals surface area contributed by atoms with Crippen molar-refractivity contribution in [3.8, 4) is 0 Å². The lowest BCUT2D eigenvalue weighted by Crippen LogP contribution is -2.36. The van der Waals surface area contributed by atoms with Crippen LogP contribution in [0.2, 0.25) is 0 Å². The van der Waals surface area contributed by atoms with Crippen molar-refractivity contribution < 1.29 is 4.74 Å². The highest BCUT2D eigenvalue weighted by Gasteiger charge is 2.10. The van der Waals surface area contributed by atoms with Crippen LogP contribution in [-0.4, -0.2) is 37.5 Å². The minimum Gasteiger partial charge on any atom is -0.378 e. The molecule has 0 spiro atoms. The highest BCUT2D eigenvalue weighted by atomic mass is 32.1. The summed E-state index contributed by atoms with van der Waals surface area (Å²) in [6, 6.07) is 16.5. The van der Waals surface area contributed by atoms with E-state index in [4.69, 9.17) is 4.74 Å². The first-order chi connectivity index (χ1) is 11.9. The molecule has 3 aromatic rings. The average Bonchev–Trinajstić information content (AvgIpc) is 3.06. The molecule has 0 bridgehead atoms. The Balaban J connectivity index is 1.40. The molecule has 0 aliphatic carbocycles. The van der Waals surface area contributed by atoms with E-state index in [0.29, 0.717) is 0 Å². The van der Waals surface area contributed by atoms with E-state index in [1.54, 1.807) is 11.3 Å². The van der Waals surface area contributed by atoms with Crippen molar-refractivity contribution in [2.75, 3.05) is 36.6 Å². The van der Waals surface area contributed by atoms with Gasteiger partial charge in [0.15, 0.2) is 0 Å². The number of nitrogens with zero attached hydrogens (tertiary/aromatic N) is 3. The first-order valence-corrected chi connectivity index (χ1v) is 8.77. The van der Waals surface area contributed by atoms with Gasteiger partial charge in [0.2, 0.25) is 5.13 Å². The molecule has 1 aliphatic heterocycles. The molecular formula is C18H18N4OS. The lowest BCUT2D eigenvalue weighted by atomic mass is 10.2. The maximum absolute atomic E-state index is 5.39. The van der Waals surface area contributed by atoms with Gasteiger partial charge in [0.1, 0.15) is 0 Å². The van der Waals surface area contributed by atoms with Crippen LogP contribution in [0.3, 0.4) is 0 Å². The molecule has 0 saturated carbocycles. The molecule has 0 radical (unpaired) electrons. The Morgan fingerprint density at radius 1 is 1.08 bits per heavy atom. The van der Waals surface area contributed by atoms with Crippen molar-refractivity contribution in [1.29, 1.82) is 0 Å². The minimum atomic E-state index is 0.801. The molecule has 1 saturated heterocycles. The van der Waals surface area contributed by atoms with Gasteiger partial charge < -0.3 is 9.64 Å². The Kier molecular flexibility index (Phi) is 4.40. The van der Waals surface area contributed by atoms with Crippen LogP contribution >= 0.6 is 11.3 Å². The van der Waals surface area contributed by atoms with Crippen LogP contribution in [0.1, 0.15) is 5.56 Å². The summed E-state index contributed by atoms with van der Waals surface area (Å²) < 4.78 is 6.54. The van der Waals surface area contributed by atoms with Gasteiger partial charge in [-0.25, -0.2) is 4.98 Å². The van der Waals surface area contributed by atoms with Crippen LogP contribution in [-0.2, 0) is 4.74 Å². The van der Waals surface area contributed by atoms with Crippen LogP contribution in [0.15, 0.2) is 53.6 Å². The summed E-state index contributed by atoms with van der Waals surface area (Å²) in [5.74, 6) is 0. The number of hydrogen-bond acceptors (Lipinski definition) is 6. The van der Waals surface area contributed by atoms with Crippen molar-refractivity contribution in [1.82, 2.24) is 4.98 Å². The Bertz CT molecular complexity index is 805. The van der Waals surface area contributed by atoms with Crippen LogP contribution in [0.25, 0.3) is 10.2 Å². The van der Waals surface area contributed by atoms with E-state index in [-0.39, 0.29) is 0 Å². The Hall–Kier alpha value is -2.44. The van der Waals surface area contributed by atoms with E-state index >= 15 is 0 Å². The van der Waals surface area contributed by atoms with E-state index in [2.05, 4.69) is 50.7 Å². The fourth-order valence-electron chi connectivity index (χ4n) is 2.67. The lowest BCUT2D eigenvalue weighted by Gasteiger charge is -2.28. The molecule has 1 aromatic heterocycles. The monoisotopic (exact) mass is 338 g/mol. The summed E-state index contributed by atoms with van der Waals surface area (Å²) >= 11 is 1.60. The van der Waals surface area contributed by atoms with Gasteiger partial charge in [-0.3, -0.25) is 5.43 Å². The van der Waals surface area contributed by atoms with Crippen molar-refractivity contribution in [2.45, 2.75) is 0 Å². The summed E-state index contributed by atoms with van der Waals surface area (Å²) in [5, 5.41) is 5.09. The Morgan fingerprint density at radius 3 is 2.67 bits per heavy atom. The first-order valence-electron chi connectivity index (χ1n) is 7.96. The molecule has 1 fully saturated rings. The molecular weight excluding hydrogens is 320 g/mol. The van der Waals surface area contributed by atoms with Crippen LogP contribution < -0.4 is 10.3 Å². The molecule has 2 heterocycles. The summed E-state index contributed by atoms with van der Waals surface area (Å²) in [4.78, 5) is 6.83. The van der Waals surface area contributed by atoms with Crippen LogP contribution in [0, 0.1) is 0 Å². The van der Waals surface area contributed by atoms with Gasteiger partial charge in [0.05, 0.1) is 29.6 Å². The molecule has 1 aliphatic rings. The van der Waals surface area contributed by atoms with Crippen LogP contribution in [0.5, 0.6) is 0 Å².